The van der Waals surface area contributed by atoms with Gasteiger partial charge in [-0.25, -0.2) is 9.97 Å². The molecule has 5 heteroatoms. The number of carbonyl (C=O) groups is 1. The Morgan fingerprint density at radius 1 is 1.56 bits per heavy atom. The molecule has 1 aliphatic heterocycles. The number of carbonyl (C=O) groups excluding carboxylic acids is 1. The molecule has 0 aromatic carbocycles. The second kappa shape index (κ2) is 4.08. The van der Waals surface area contributed by atoms with Crippen molar-refractivity contribution in [1.29, 1.82) is 0 Å². The average molecular weight is 220 g/mol. The zero-order chi connectivity index (χ0) is 11.7. The molecule has 1 atom stereocenters. The van der Waals surface area contributed by atoms with Gasteiger partial charge in [-0.15, -0.1) is 0 Å². The highest BCUT2D eigenvalue weighted by atomic mass is 16.1. The first kappa shape index (κ1) is 10.9. The molecule has 1 amide bonds. The first-order valence-electron chi connectivity index (χ1n) is 5.50. The fourth-order valence-corrected chi connectivity index (χ4v) is 2.10. The van der Waals surface area contributed by atoms with Crippen molar-refractivity contribution in [3.63, 3.8) is 0 Å². The topological polar surface area (TPSA) is 72.1 Å². The van der Waals surface area contributed by atoms with Crippen LogP contribution in [0.25, 0.3) is 0 Å². The second-order valence-corrected chi connectivity index (χ2v) is 4.21. The van der Waals surface area contributed by atoms with Gasteiger partial charge < -0.3 is 10.6 Å². The van der Waals surface area contributed by atoms with E-state index in [9.17, 15) is 4.79 Å². The molecule has 1 fully saturated rings. The summed E-state index contributed by atoms with van der Waals surface area (Å²) in [6.45, 7) is 4.92. The SMILES string of the molecule is Cc1nc(C(N)=O)cc(N2CCC[C@@H]2C)n1. The Hall–Kier alpha value is -1.65. The van der Waals surface area contributed by atoms with Crippen LogP contribution >= 0.6 is 0 Å². The number of primary amides is 1. The molecular weight excluding hydrogens is 204 g/mol. The van der Waals surface area contributed by atoms with Gasteiger partial charge in [-0.3, -0.25) is 4.79 Å². The van der Waals surface area contributed by atoms with E-state index in [1.54, 1.807) is 13.0 Å². The predicted octanol–water partition coefficient (Wildman–Crippen LogP) is 0.873. The van der Waals surface area contributed by atoms with Gasteiger partial charge >= 0.3 is 0 Å². The van der Waals surface area contributed by atoms with Gasteiger partial charge in [0.2, 0.25) is 0 Å². The average Bonchev–Trinajstić information content (AvgIpc) is 2.63. The van der Waals surface area contributed by atoms with Crippen molar-refractivity contribution in [3.8, 4) is 0 Å². The molecule has 0 spiro atoms. The Balaban J connectivity index is 2.37. The van der Waals surface area contributed by atoms with Crippen LogP contribution in [-0.2, 0) is 0 Å². The summed E-state index contributed by atoms with van der Waals surface area (Å²) in [6, 6.07) is 2.15. The molecule has 1 aliphatic rings. The van der Waals surface area contributed by atoms with E-state index in [1.807, 2.05) is 0 Å². The Morgan fingerprint density at radius 2 is 2.31 bits per heavy atom. The number of anilines is 1. The van der Waals surface area contributed by atoms with Crippen LogP contribution in [-0.4, -0.2) is 28.5 Å². The minimum absolute atomic E-state index is 0.293. The van der Waals surface area contributed by atoms with Crippen molar-refractivity contribution >= 4 is 11.7 Å². The maximum Gasteiger partial charge on any atom is 0.267 e. The van der Waals surface area contributed by atoms with E-state index >= 15 is 0 Å². The molecule has 2 heterocycles. The zero-order valence-corrected chi connectivity index (χ0v) is 9.60. The highest BCUT2D eigenvalue weighted by Crippen LogP contribution is 2.23. The zero-order valence-electron chi connectivity index (χ0n) is 9.60. The van der Waals surface area contributed by atoms with Gasteiger partial charge in [0.15, 0.2) is 0 Å². The maximum atomic E-state index is 11.1. The lowest BCUT2D eigenvalue weighted by molar-refractivity contribution is 0.0995. The summed E-state index contributed by atoms with van der Waals surface area (Å²) in [4.78, 5) is 21.7. The minimum atomic E-state index is -0.501. The smallest absolute Gasteiger partial charge is 0.267 e. The van der Waals surface area contributed by atoms with Crippen LogP contribution in [0.1, 0.15) is 36.1 Å². The molecule has 1 saturated heterocycles. The molecule has 1 aromatic heterocycles. The van der Waals surface area contributed by atoms with Crippen LogP contribution in [0.15, 0.2) is 6.07 Å². The lowest BCUT2D eigenvalue weighted by atomic mass is 10.2. The Bertz CT molecular complexity index is 418. The summed E-state index contributed by atoms with van der Waals surface area (Å²) >= 11 is 0. The molecule has 86 valence electrons. The first-order valence-corrected chi connectivity index (χ1v) is 5.50. The molecule has 0 bridgehead atoms. The number of nitrogens with zero attached hydrogens (tertiary/aromatic N) is 3. The van der Waals surface area contributed by atoms with Crippen molar-refractivity contribution < 1.29 is 4.79 Å². The quantitative estimate of drug-likeness (QED) is 0.802. The van der Waals surface area contributed by atoms with Crippen molar-refractivity contribution in [3.05, 3.63) is 17.6 Å². The van der Waals surface area contributed by atoms with Crippen LogP contribution in [0.5, 0.6) is 0 Å². The number of rotatable bonds is 2. The number of hydrogen-bond donors (Lipinski definition) is 1. The van der Waals surface area contributed by atoms with E-state index in [2.05, 4.69) is 21.8 Å². The van der Waals surface area contributed by atoms with E-state index in [-0.39, 0.29) is 0 Å². The van der Waals surface area contributed by atoms with Crippen molar-refractivity contribution in [2.45, 2.75) is 32.7 Å². The number of nitrogens with two attached hydrogens (primary N) is 1. The van der Waals surface area contributed by atoms with Gasteiger partial charge in [0, 0.05) is 18.7 Å². The van der Waals surface area contributed by atoms with Crippen LogP contribution in [0.4, 0.5) is 5.82 Å². The first-order chi connectivity index (χ1) is 7.58. The summed E-state index contributed by atoms with van der Waals surface area (Å²) < 4.78 is 0. The molecule has 2 rings (SSSR count). The normalized spacial score (nSPS) is 20.1. The number of aryl methyl sites for hydroxylation is 1. The van der Waals surface area contributed by atoms with E-state index in [1.165, 1.54) is 0 Å². The van der Waals surface area contributed by atoms with E-state index < -0.39 is 5.91 Å². The van der Waals surface area contributed by atoms with E-state index in [4.69, 9.17) is 5.73 Å². The van der Waals surface area contributed by atoms with Gasteiger partial charge in [-0.05, 0) is 26.7 Å². The summed E-state index contributed by atoms with van der Waals surface area (Å²) in [7, 11) is 0. The van der Waals surface area contributed by atoms with Crippen molar-refractivity contribution in [1.82, 2.24) is 9.97 Å². The molecule has 0 unspecified atom stereocenters. The highest BCUT2D eigenvalue weighted by molar-refractivity contribution is 5.91. The van der Waals surface area contributed by atoms with Gasteiger partial charge in [0.1, 0.15) is 17.3 Å². The number of aromatic nitrogens is 2. The van der Waals surface area contributed by atoms with Crippen LogP contribution in [0.2, 0.25) is 0 Å². The molecule has 0 aliphatic carbocycles. The standard InChI is InChI=1S/C11H16N4O/c1-7-4-3-5-15(7)10-6-9(11(12)16)13-8(2)14-10/h6-7H,3-5H2,1-2H3,(H2,12,16)/t7-/m0/s1. The third-order valence-electron chi connectivity index (χ3n) is 2.92. The largest absolute Gasteiger partial charge is 0.364 e. The van der Waals surface area contributed by atoms with Gasteiger partial charge in [-0.2, -0.15) is 0 Å². The van der Waals surface area contributed by atoms with Gasteiger partial charge in [-0.1, -0.05) is 0 Å². The summed E-state index contributed by atoms with van der Waals surface area (Å²) in [5.41, 5.74) is 5.53. The molecule has 2 N–H and O–H groups in total. The summed E-state index contributed by atoms with van der Waals surface area (Å²) in [5, 5.41) is 0. The number of hydrogen-bond acceptors (Lipinski definition) is 4. The third kappa shape index (κ3) is 1.98. The number of amides is 1. The molecular formula is C11H16N4O. The van der Waals surface area contributed by atoms with Crippen molar-refractivity contribution in [2.75, 3.05) is 11.4 Å². The van der Waals surface area contributed by atoms with Gasteiger partial charge in [0.25, 0.3) is 5.91 Å². The third-order valence-corrected chi connectivity index (χ3v) is 2.92. The highest BCUT2D eigenvalue weighted by Gasteiger charge is 2.22. The van der Waals surface area contributed by atoms with E-state index in [0.717, 1.165) is 25.2 Å². The molecule has 0 radical (unpaired) electrons. The summed E-state index contributed by atoms with van der Waals surface area (Å²) in [6.07, 6.45) is 2.32. The fourth-order valence-electron chi connectivity index (χ4n) is 2.10. The summed E-state index contributed by atoms with van der Waals surface area (Å²) in [5.74, 6) is 0.898. The fraction of sp³-hybridized carbons (Fsp3) is 0.545. The lowest BCUT2D eigenvalue weighted by Crippen LogP contribution is -2.28. The Morgan fingerprint density at radius 3 is 2.88 bits per heavy atom. The minimum Gasteiger partial charge on any atom is -0.364 e. The predicted molar refractivity (Wildman–Crippen MR) is 61.3 cm³/mol. The monoisotopic (exact) mass is 220 g/mol. The molecule has 0 saturated carbocycles. The maximum absolute atomic E-state index is 11.1. The Labute approximate surface area is 94.7 Å². The van der Waals surface area contributed by atoms with Crippen LogP contribution in [0.3, 0.4) is 0 Å². The Kier molecular flexibility index (Phi) is 2.77. The van der Waals surface area contributed by atoms with Crippen molar-refractivity contribution in [2.24, 2.45) is 5.73 Å². The van der Waals surface area contributed by atoms with Crippen LogP contribution < -0.4 is 10.6 Å². The second-order valence-electron chi connectivity index (χ2n) is 4.21. The molecule has 5 nitrogen and oxygen atoms in total. The lowest BCUT2D eigenvalue weighted by Gasteiger charge is -2.22. The molecule has 16 heavy (non-hydrogen) atoms. The van der Waals surface area contributed by atoms with Crippen LogP contribution in [0, 0.1) is 6.92 Å². The molecule has 1 aromatic rings. The van der Waals surface area contributed by atoms with Gasteiger partial charge in [0.05, 0.1) is 0 Å². The van der Waals surface area contributed by atoms with E-state index in [0.29, 0.717) is 17.6 Å².